The fraction of sp³-hybridized carbons (Fsp3) is 0.500. The maximum atomic E-state index is 12.1. The number of carbonyl (C=O) groups is 1. The lowest BCUT2D eigenvalue weighted by Gasteiger charge is -2.27. The minimum absolute atomic E-state index is 0.0566. The van der Waals surface area contributed by atoms with Crippen LogP contribution in [0.5, 0.6) is 5.75 Å². The van der Waals surface area contributed by atoms with Crippen LogP contribution in [0, 0.1) is 4.91 Å². The molecule has 1 saturated heterocycles. The van der Waals surface area contributed by atoms with Gasteiger partial charge in [0.1, 0.15) is 5.75 Å². The van der Waals surface area contributed by atoms with Crippen molar-refractivity contribution in [3.63, 3.8) is 0 Å². The Morgan fingerprint density at radius 1 is 1.43 bits per heavy atom. The first-order valence-corrected chi connectivity index (χ1v) is 7.15. The van der Waals surface area contributed by atoms with Crippen LogP contribution in [-0.2, 0) is 14.3 Å². The standard InChI is InChI=1S/C14H16BrNO5/c1-13(2)7-14(8-20-13,12(17)19-3)21-11-5-4-9(15)6-10(11)16-18/h4-6H,7-8H2,1-3H3. The second-order valence-corrected chi connectivity index (χ2v) is 6.43. The highest BCUT2D eigenvalue weighted by Crippen LogP contribution is 2.40. The molecule has 0 bridgehead atoms. The molecule has 1 aromatic rings. The molecular formula is C14H16BrNO5. The summed E-state index contributed by atoms with van der Waals surface area (Å²) in [6, 6.07) is 4.81. The summed E-state index contributed by atoms with van der Waals surface area (Å²) in [6.45, 7) is 3.78. The van der Waals surface area contributed by atoms with E-state index in [1.54, 1.807) is 12.1 Å². The van der Waals surface area contributed by atoms with Crippen molar-refractivity contribution in [2.45, 2.75) is 31.5 Å². The molecule has 1 fully saturated rings. The van der Waals surface area contributed by atoms with Gasteiger partial charge in [0.25, 0.3) is 0 Å². The third-order valence-corrected chi connectivity index (χ3v) is 3.78. The Balaban J connectivity index is 2.37. The molecule has 6 nitrogen and oxygen atoms in total. The summed E-state index contributed by atoms with van der Waals surface area (Å²) in [4.78, 5) is 23.1. The predicted molar refractivity (Wildman–Crippen MR) is 79.6 cm³/mol. The Bertz CT molecular complexity index is 574. The number of nitroso groups, excluding NO2 is 1. The number of hydrogen-bond acceptors (Lipinski definition) is 6. The molecule has 7 heteroatoms. The van der Waals surface area contributed by atoms with Crippen molar-refractivity contribution in [1.29, 1.82) is 0 Å². The van der Waals surface area contributed by atoms with Gasteiger partial charge in [-0.3, -0.25) is 0 Å². The monoisotopic (exact) mass is 357 g/mol. The Morgan fingerprint density at radius 3 is 2.67 bits per heavy atom. The van der Waals surface area contributed by atoms with Crippen LogP contribution in [0.3, 0.4) is 0 Å². The number of carbonyl (C=O) groups excluding carboxylic acids is 1. The summed E-state index contributed by atoms with van der Waals surface area (Å²) in [6.07, 6.45) is 0.320. The van der Waals surface area contributed by atoms with E-state index in [0.717, 1.165) is 0 Å². The first-order valence-electron chi connectivity index (χ1n) is 6.36. The van der Waals surface area contributed by atoms with Gasteiger partial charge in [0.2, 0.25) is 5.60 Å². The van der Waals surface area contributed by atoms with Crippen LogP contribution in [0.15, 0.2) is 27.8 Å². The second-order valence-electron chi connectivity index (χ2n) is 5.52. The van der Waals surface area contributed by atoms with Crippen molar-refractivity contribution >= 4 is 27.6 Å². The van der Waals surface area contributed by atoms with E-state index in [1.807, 2.05) is 13.8 Å². The predicted octanol–water partition coefficient (Wildman–Crippen LogP) is 3.34. The maximum Gasteiger partial charge on any atom is 0.352 e. The fourth-order valence-corrected chi connectivity index (χ4v) is 2.73. The van der Waals surface area contributed by atoms with Crippen LogP contribution in [-0.4, -0.2) is 30.9 Å². The first kappa shape index (κ1) is 15.9. The van der Waals surface area contributed by atoms with Gasteiger partial charge in [-0.1, -0.05) is 15.9 Å². The molecular weight excluding hydrogens is 342 g/mol. The van der Waals surface area contributed by atoms with Crippen LogP contribution in [0.2, 0.25) is 0 Å². The van der Waals surface area contributed by atoms with E-state index in [2.05, 4.69) is 21.1 Å². The average molecular weight is 358 g/mol. The normalized spacial score (nSPS) is 23.6. The fourth-order valence-electron chi connectivity index (χ4n) is 2.38. The smallest absolute Gasteiger partial charge is 0.352 e. The Morgan fingerprint density at radius 2 is 2.14 bits per heavy atom. The molecule has 1 aliphatic heterocycles. The SMILES string of the molecule is COC(=O)C1(Oc2ccc(Br)cc2N=O)COC(C)(C)C1. The lowest BCUT2D eigenvalue weighted by Crippen LogP contribution is -2.47. The molecule has 0 N–H and O–H groups in total. The molecule has 0 radical (unpaired) electrons. The van der Waals surface area contributed by atoms with Gasteiger partial charge in [0, 0.05) is 10.9 Å². The largest absolute Gasteiger partial charge is 0.471 e. The van der Waals surface area contributed by atoms with Gasteiger partial charge in [0.15, 0.2) is 5.69 Å². The second kappa shape index (κ2) is 5.73. The average Bonchev–Trinajstić information content (AvgIpc) is 2.76. The summed E-state index contributed by atoms with van der Waals surface area (Å²) in [5, 5.41) is 2.93. The number of benzene rings is 1. The topological polar surface area (TPSA) is 74.2 Å². The zero-order chi connectivity index (χ0) is 15.7. The number of methoxy groups -OCH3 is 1. The third-order valence-electron chi connectivity index (χ3n) is 3.29. The highest BCUT2D eigenvalue weighted by atomic mass is 79.9. The summed E-state index contributed by atoms with van der Waals surface area (Å²) in [7, 11) is 1.29. The van der Waals surface area contributed by atoms with E-state index in [9.17, 15) is 9.70 Å². The van der Waals surface area contributed by atoms with Gasteiger partial charge in [-0.25, -0.2) is 4.79 Å². The molecule has 0 spiro atoms. The van der Waals surface area contributed by atoms with Gasteiger partial charge in [0.05, 0.1) is 19.3 Å². The van der Waals surface area contributed by atoms with E-state index in [4.69, 9.17) is 14.2 Å². The van der Waals surface area contributed by atoms with E-state index >= 15 is 0 Å². The van der Waals surface area contributed by atoms with Crippen molar-refractivity contribution in [2.24, 2.45) is 5.18 Å². The van der Waals surface area contributed by atoms with Crippen LogP contribution >= 0.6 is 15.9 Å². The van der Waals surface area contributed by atoms with Gasteiger partial charge in [-0.2, -0.15) is 0 Å². The van der Waals surface area contributed by atoms with Crippen molar-refractivity contribution < 1.29 is 19.0 Å². The number of hydrogen-bond donors (Lipinski definition) is 0. The van der Waals surface area contributed by atoms with Crippen molar-refractivity contribution in [1.82, 2.24) is 0 Å². The highest BCUT2D eigenvalue weighted by Gasteiger charge is 2.53. The number of nitrogens with zero attached hydrogens (tertiary/aromatic N) is 1. The van der Waals surface area contributed by atoms with Crippen molar-refractivity contribution in [2.75, 3.05) is 13.7 Å². The van der Waals surface area contributed by atoms with Gasteiger partial charge in [-0.05, 0) is 37.2 Å². The Kier molecular flexibility index (Phi) is 4.34. The lowest BCUT2D eigenvalue weighted by molar-refractivity contribution is -0.159. The van der Waals surface area contributed by atoms with Crippen LogP contribution in [0.25, 0.3) is 0 Å². The molecule has 0 amide bonds. The Hall–Kier alpha value is -1.47. The van der Waals surface area contributed by atoms with E-state index in [1.165, 1.54) is 13.2 Å². The van der Waals surface area contributed by atoms with Crippen LogP contribution < -0.4 is 4.74 Å². The molecule has 0 saturated carbocycles. The minimum atomic E-state index is -1.27. The first-order chi connectivity index (χ1) is 9.82. The van der Waals surface area contributed by atoms with Crippen LogP contribution in [0.1, 0.15) is 20.3 Å². The molecule has 21 heavy (non-hydrogen) atoms. The lowest BCUT2D eigenvalue weighted by atomic mass is 9.93. The van der Waals surface area contributed by atoms with E-state index in [0.29, 0.717) is 10.9 Å². The van der Waals surface area contributed by atoms with Crippen molar-refractivity contribution in [3.8, 4) is 5.75 Å². The summed E-state index contributed by atoms with van der Waals surface area (Å²) in [5.41, 5.74) is -1.68. The van der Waals surface area contributed by atoms with E-state index < -0.39 is 17.2 Å². The third kappa shape index (κ3) is 3.24. The molecule has 0 aliphatic carbocycles. The number of ether oxygens (including phenoxy) is 3. The maximum absolute atomic E-state index is 12.1. The Labute approximate surface area is 130 Å². The number of halogens is 1. The van der Waals surface area contributed by atoms with Gasteiger partial charge < -0.3 is 14.2 Å². The number of rotatable bonds is 4. The molecule has 1 unspecified atom stereocenters. The molecule has 1 atom stereocenters. The van der Waals surface area contributed by atoms with Gasteiger partial charge >= 0.3 is 5.97 Å². The minimum Gasteiger partial charge on any atom is -0.471 e. The quantitative estimate of drug-likeness (QED) is 0.610. The zero-order valence-corrected chi connectivity index (χ0v) is 13.6. The van der Waals surface area contributed by atoms with E-state index in [-0.39, 0.29) is 18.0 Å². The van der Waals surface area contributed by atoms with Crippen LogP contribution in [0.4, 0.5) is 5.69 Å². The molecule has 1 heterocycles. The number of esters is 1. The summed E-state index contributed by atoms with van der Waals surface area (Å²) >= 11 is 3.25. The summed E-state index contributed by atoms with van der Waals surface area (Å²) in [5.74, 6) is -0.312. The molecule has 0 aromatic heterocycles. The van der Waals surface area contributed by atoms with Gasteiger partial charge in [-0.15, -0.1) is 4.91 Å². The summed E-state index contributed by atoms with van der Waals surface area (Å²) < 4.78 is 17.0. The molecule has 1 aliphatic rings. The zero-order valence-electron chi connectivity index (χ0n) is 12.0. The molecule has 114 valence electrons. The molecule has 2 rings (SSSR count). The van der Waals surface area contributed by atoms with Crippen molar-refractivity contribution in [3.05, 3.63) is 27.6 Å². The highest BCUT2D eigenvalue weighted by molar-refractivity contribution is 9.10. The molecule has 1 aromatic carbocycles.